The molecule has 2 aromatic carbocycles. The van der Waals surface area contributed by atoms with Crippen LogP contribution in [0.2, 0.25) is 0 Å². The number of carboxylic acid groups (broad SMARTS) is 1. The van der Waals surface area contributed by atoms with Gasteiger partial charge < -0.3 is 35.4 Å². The molecule has 1 saturated heterocycles. The smallest absolute Gasteiger partial charge is 0.408 e. The molecule has 0 aliphatic carbocycles. The summed E-state index contributed by atoms with van der Waals surface area (Å²) < 4.78 is 10.7. The Bertz CT molecular complexity index is 1460. The zero-order valence-corrected chi connectivity index (χ0v) is 30.4. The minimum atomic E-state index is -1.20. The Hall–Kier alpha value is -4.87. The molecule has 1 fully saturated rings. The van der Waals surface area contributed by atoms with E-state index in [0.29, 0.717) is 32.2 Å². The minimum Gasteiger partial charge on any atom is -0.480 e. The van der Waals surface area contributed by atoms with Crippen LogP contribution in [-0.2, 0) is 36.9 Å². The van der Waals surface area contributed by atoms with Crippen LogP contribution in [0.1, 0.15) is 77.8 Å². The number of alkyl carbamates (subject to hydrolysis) is 2. The maximum atomic E-state index is 14.2. The van der Waals surface area contributed by atoms with Gasteiger partial charge in [-0.2, -0.15) is 0 Å². The molecular weight excluding hydrogens is 652 g/mol. The van der Waals surface area contributed by atoms with Crippen LogP contribution < -0.4 is 16.0 Å². The van der Waals surface area contributed by atoms with Crippen LogP contribution in [0.5, 0.6) is 0 Å². The molecule has 4 atom stereocenters. The number of nitrogens with one attached hydrogen (secondary N) is 3. The molecule has 12 nitrogen and oxygen atoms in total. The van der Waals surface area contributed by atoms with Crippen molar-refractivity contribution in [2.45, 2.75) is 103 Å². The van der Waals surface area contributed by atoms with Gasteiger partial charge in [0.05, 0.1) is 12.0 Å². The highest BCUT2D eigenvalue weighted by Crippen LogP contribution is 2.24. The Balaban J connectivity index is 1.65. The van der Waals surface area contributed by atoms with E-state index in [4.69, 9.17) is 9.47 Å². The number of nitrogens with zero attached hydrogens (tertiary/aromatic N) is 1. The maximum Gasteiger partial charge on any atom is 0.408 e. The molecule has 1 aliphatic heterocycles. The number of aliphatic carboxylic acids is 1. The van der Waals surface area contributed by atoms with Gasteiger partial charge >= 0.3 is 18.2 Å². The lowest BCUT2D eigenvalue weighted by Crippen LogP contribution is -2.52. The van der Waals surface area contributed by atoms with Gasteiger partial charge in [-0.05, 0) is 76.3 Å². The van der Waals surface area contributed by atoms with Crippen LogP contribution >= 0.6 is 0 Å². The molecule has 2 aromatic rings. The summed E-state index contributed by atoms with van der Waals surface area (Å²) in [6.45, 7) is 10.1. The summed E-state index contributed by atoms with van der Waals surface area (Å²) in [5.41, 5.74) is 1.11. The molecule has 0 bridgehead atoms. The third kappa shape index (κ3) is 14.9. The molecule has 12 heteroatoms. The number of carbonyl (C=O) groups is 5. The van der Waals surface area contributed by atoms with Gasteiger partial charge in [0, 0.05) is 13.1 Å². The van der Waals surface area contributed by atoms with Crippen LogP contribution in [0.4, 0.5) is 9.59 Å². The van der Waals surface area contributed by atoms with E-state index in [0.717, 1.165) is 11.1 Å². The van der Waals surface area contributed by atoms with Gasteiger partial charge in [-0.25, -0.2) is 14.4 Å². The average Bonchev–Trinajstić information content (AvgIpc) is 3.56. The molecule has 0 spiro atoms. The fourth-order valence-corrected chi connectivity index (χ4v) is 5.84. The lowest BCUT2D eigenvalue weighted by Gasteiger charge is -2.28. The average molecular weight is 707 g/mol. The Morgan fingerprint density at radius 3 is 2.18 bits per heavy atom. The Labute approximate surface area is 301 Å². The fourth-order valence-electron chi connectivity index (χ4n) is 5.84. The molecule has 278 valence electrons. The fraction of sp³-hybridized carbons (Fsp3) is 0.513. The number of ether oxygens (including phenoxy) is 2. The van der Waals surface area contributed by atoms with Crippen molar-refractivity contribution in [1.29, 1.82) is 0 Å². The molecule has 3 rings (SSSR count). The predicted molar refractivity (Wildman–Crippen MR) is 194 cm³/mol. The second-order valence-electron chi connectivity index (χ2n) is 14.3. The standard InChI is InChI=1S/C39H54N4O8/c1-27(2)24-31(41-38(49)51-39(3,4)5)21-20-30(25-28-14-8-6-9-15-28)35(45)43-23-13-19-33(43)34(44)42-32(36(46)47)18-12-22-40-37(48)50-26-29-16-10-7-11-17-29/h6-11,14-17,20-21,27,30-33H,12-13,18-19,22-26H2,1-5H3,(H,40,48)(H,41,49)(H,42,44)(H,46,47)/b21-20+/t30-,31-,32+,33-/m1/s1. The third-order valence-electron chi connectivity index (χ3n) is 8.22. The molecule has 0 aromatic heterocycles. The van der Waals surface area contributed by atoms with Crippen LogP contribution in [0.15, 0.2) is 72.8 Å². The number of rotatable bonds is 17. The summed E-state index contributed by atoms with van der Waals surface area (Å²) in [7, 11) is 0. The first-order valence-corrected chi connectivity index (χ1v) is 17.7. The second kappa shape index (κ2) is 20.1. The number of amides is 4. The van der Waals surface area contributed by atoms with Crippen LogP contribution in [-0.4, -0.2) is 76.8 Å². The maximum absolute atomic E-state index is 14.2. The highest BCUT2D eigenvalue weighted by Gasteiger charge is 2.38. The number of carbonyl (C=O) groups excluding carboxylic acids is 4. The number of hydrogen-bond acceptors (Lipinski definition) is 7. The van der Waals surface area contributed by atoms with Crippen LogP contribution in [0, 0.1) is 11.8 Å². The van der Waals surface area contributed by atoms with Gasteiger partial charge in [0.15, 0.2) is 0 Å². The van der Waals surface area contributed by atoms with Gasteiger partial charge in [0.25, 0.3) is 0 Å². The zero-order chi connectivity index (χ0) is 37.4. The first-order chi connectivity index (χ1) is 24.2. The van der Waals surface area contributed by atoms with Gasteiger partial charge in [-0.15, -0.1) is 0 Å². The topological polar surface area (TPSA) is 163 Å². The lowest BCUT2D eigenvalue weighted by atomic mass is 9.95. The van der Waals surface area contributed by atoms with Crippen molar-refractivity contribution in [1.82, 2.24) is 20.9 Å². The molecule has 1 heterocycles. The summed E-state index contributed by atoms with van der Waals surface area (Å²) in [6, 6.07) is 16.4. The summed E-state index contributed by atoms with van der Waals surface area (Å²) in [5.74, 6) is -2.38. The Kier molecular flexibility index (Phi) is 16.0. The lowest BCUT2D eigenvalue weighted by molar-refractivity contribution is -0.144. The van der Waals surface area contributed by atoms with Crippen LogP contribution in [0.3, 0.4) is 0 Å². The molecule has 0 radical (unpaired) electrons. The van der Waals surface area contributed by atoms with Gasteiger partial charge in [0.1, 0.15) is 24.3 Å². The molecule has 4 N–H and O–H groups in total. The van der Waals surface area contributed by atoms with Crippen molar-refractivity contribution in [3.05, 3.63) is 83.9 Å². The Morgan fingerprint density at radius 2 is 1.57 bits per heavy atom. The van der Waals surface area contributed by atoms with E-state index in [9.17, 15) is 29.1 Å². The van der Waals surface area contributed by atoms with E-state index in [-0.39, 0.29) is 43.9 Å². The van der Waals surface area contributed by atoms with Crippen molar-refractivity contribution in [3.8, 4) is 0 Å². The summed E-state index contributed by atoms with van der Waals surface area (Å²) >= 11 is 0. The van der Waals surface area contributed by atoms with Gasteiger partial charge in [-0.1, -0.05) is 86.7 Å². The number of likely N-dealkylation sites (tertiary alicyclic amines) is 1. The van der Waals surface area contributed by atoms with Gasteiger partial charge in [0.2, 0.25) is 11.8 Å². The van der Waals surface area contributed by atoms with Crippen molar-refractivity contribution in [3.63, 3.8) is 0 Å². The molecule has 1 aliphatic rings. The predicted octanol–water partition coefficient (Wildman–Crippen LogP) is 5.61. The number of carboxylic acids is 1. The van der Waals surface area contributed by atoms with Crippen molar-refractivity contribution in [2.75, 3.05) is 13.1 Å². The van der Waals surface area contributed by atoms with E-state index in [1.165, 1.54) is 4.90 Å². The first kappa shape index (κ1) is 40.6. The number of hydrogen-bond donors (Lipinski definition) is 4. The van der Waals surface area contributed by atoms with Crippen molar-refractivity contribution in [2.24, 2.45) is 11.8 Å². The SMILES string of the molecule is CC(C)C[C@@H](/C=C/[C@H](Cc1ccccc1)C(=O)N1CCC[C@@H]1C(=O)N[C@@H](CCCNC(=O)OCc1ccccc1)C(=O)O)NC(=O)OC(C)(C)C. The summed E-state index contributed by atoms with van der Waals surface area (Å²) in [5, 5.41) is 18.0. The van der Waals surface area contributed by atoms with E-state index in [1.54, 1.807) is 26.8 Å². The van der Waals surface area contributed by atoms with Crippen molar-refractivity contribution < 1.29 is 38.6 Å². The zero-order valence-electron chi connectivity index (χ0n) is 30.4. The number of benzene rings is 2. The largest absolute Gasteiger partial charge is 0.480 e. The van der Waals surface area contributed by atoms with E-state index < -0.39 is 47.7 Å². The molecule has 51 heavy (non-hydrogen) atoms. The molecule has 0 saturated carbocycles. The van der Waals surface area contributed by atoms with Crippen LogP contribution in [0.25, 0.3) is 0 Å². The minimum absolute atomic E-state index is 0.0714. The first-order valence-electron chi connectivity index (χ1n) is 17.7. The van der Waals surface area contributed by atoms with Gasteiger partial charge in [-0.3, -0.25) is 9.59 Å². The summed E-state index contributed by atoms with van der Waals surface area (Å²) in [6.07, 6.45) is 4.80. The third-order valence-corrected chi connectivity index (χ3v) is 8.22. The molecule has 4 amide bonds. The van der Waals surface area contributed by atoms with E-state index >= 15 is 0 Å². The monoisotopic (exact) mass is 706 g/mol. The van der Waals surface area contributed by atoms with Crippen molar-refractivity contribution >= 4 is 30.0 Å². The summed E-state index contributed by atoms with van der Waals surface area (Å²) in [4.78, 5) is 66.0. The van der Waals surface area contributed by atoms with E-state index in [1.807, 2.05) is 80.6 Å². The second-order valence-corrected chi connectivity index (χ2v) is 14.3. The van der Waals surface area contributed by atoms with E-state index in [2.05, 4.69) is 16.0 Å². The quantitative estimate of drug-likeness (QED) is 0.122. The Morgan fingerprint density at radius 1 is 0.922 bits per heavy atom. The highest BCUT2D eigenvalue weighted by molar-refractivity contribution is 5.92. The normalized spacial score (nSPS) is 16.3. The highest BCUT2D eigenvalue weighted by atomic mass is 16.6. The molecule has 0 unspecified atom stereocenters. The molecular formula is C39H54N4O8.